The van der Waals surface area contributed by atoms with Crippen molar-refractivity contribution in [3.05, 3.63) is 76.8 Å². The molecule has 0 unspecified atom stereocenters. The molecule has 5 nitrogen and oxygen atoms in total. The lowest BCUT2D eigenvalue weighted by Gasteiger charge is -2.11. The number of ether oxygens (including phenoxy) is 1. The first kappa shape index (κ1) is 21.6. The van der Waals surface area contributed by atoms with E-state index >= 15 is 0 Å². The predicted molar refractivity (Wildman–Crippen MR) is 129 cm³/mol. The normalized spacial score (nSPS) is 10.9. The summed E-state index contributed by atoms with van der Waals surface area (Å²) >= 11 is 9.47. The number of benzene rings is 2. The Hall–Kier alpha value is -2.61. The first-order valence-corrected chi connectivity index (χ1v) is 11.9. The molecule has 31 heavy (non-hydrogen) atoms. The van der Waals surface area contributed by atoms with Gasteiger partial charge in [0.2, 0.25) is 0 Å². The van der Waals surface area contributed by atoms with E-state index in [-0.39, 0.29) is 0 Å². The monoisotopic (exact) mass is 468 g/mol. The van der Waals surface area contributed by atoms with Crippen LogP contribution < -0.4 is 4.74 Å². The fourth-order valence-electron chi connectivity index (χ4n) is 3.17. The molecule has 2 aromatic heterocycles. The molecule has 0 bridgehead atoms. The number of thiazole rings is 1. The zero-order valence-electron chi connectivity index (χ0n) is 17.2. The van der Waals surface area contributed by atoms with E-state index in [1.165, 1.54) is 5.56 Å². The van der Waals surface area contributed by atoms with Crippen LogP contribution in [-0.4, -0.2) is 26.9 Å². The number of halogens is 1. The molecule has 8 heteroatoms. The van der Waals surface area contributed by atoms with Crippen LogP contribution in [-0.2, 0) is 12.3 Å². The van der Waals surface area contributed by atoms with Crippen molar-refractivity contribution in [3.63, 3.8) is 0 Å². The average Bonchev–Trinajstić information content (AvgIpc) is 3.40. The Kier molecular flexibility index (Phi) is 6.75. The molecule has 158 valence electrons. The predicted octanol–water partition coefficient (Wildman–Crippen LogP) is 6.52. The molecule has 0 saturated carbocycles. The number of aromatic nitrogens is 4. The number of hydrogen-bond donors (Lipinski definition) is 0. The summed E-state index contributed by atoms with van der Waals surface area (Å²) in [4.78, 5) is 4.80. The van der Waals surface area contributed by atoms with Crippen molar-refractivity contribution < 1.29 is 4.74 Å². The van der Waals surface area contributed by atoms with Gasteiger partial charge in [-0.25, -0.2) is 4.98 Å². The highest BCUT2D eigenvalue weighted by atomic mass is 35.5. The minimum absolute atomic E-state index is 0.575. The summed E-state index contributed by atoms with van der Waals surface area (Å²) < 4.78 is 7.51. The third-order valence-corrected chi connectivity index (χ3v) is 6.77. The number of thioether (sulfide) groups is 1. The van der Waals surface area contributed by atoms with Crippen molar-refractivity contribution in [2.75, 3.05) is 7.11 Å². The molecule has 0 amide bonds. The zero-order valence-corrected chi connectivity index (χ0v) is 19.6. The van der Waals surface area contributed by atoms with Crippen LogP contribution in [0.25, 0.3) is 22.0 Å². The van der Waals surface area contributed by atoms with Gasteiger partial charge in [-0.3, -0.25) is 4.57 Å². The van der Waals surface area contributed by atoms with E-state index in [0.29, 0.717) is 28.9 Å². The van der Waals surface area contributed by atoms with E-state index in [0.717, 1.165) is 27.0 Å². The fourth-order valence-corrected chi connectivity index (χ4v) is 5.10. The van der Waals surface area contributed by atoms with Gasteiger partial charge in [0.15, 0.2) is 11.0 Å². The molecular formula is C23H21ClN4OS2. The Morgan fingerprint density at radius 2 is 2.10 bits per heavy atom. The highest BCUT2D eigenvalue weighted by Crippen LogP contribution is 2.34. The van der Waals surface area contributed by atoms with Gasteiger partial charge < -0.3 is 4.74 Å². The molecule has 4 rings (SSSR count). The number of rotatable bonds is 8. The van der Waals surface area contributed by atoms with Gasteiger partial charge in [-0.15, -0.1) is 28.1 Å². The van der Waals surface area contributed by atoms with Gasteiger partial charge in [0.1, 0.15) is 10.8 Å². The van der Waals surface area contributed by atoms with Gasteiger partial charge in [0, 0.05) is 28.3 Å². The van der Waals surface area contributed by atoms with Crippen molar-refractivity contribution >= 4 is 34.7 Å². The highest BCUT2D eigenvalue weighted by molar-refractivity contribution is 7.98. The summed E-state index contributed by atoms with van der Waals surface area (Å²) in [6.07, 6.45) is 1.83. The first-order chi connectivity index (χ1) is 15.1. The number of allylic oxidation sites excluding steroid dienone is 1. The van der Waals surface area contributed by atoms with E-state index in [9.17, 15) is 0 Å². The topological polar surface area (TPSA) is 52.8 Å². The lowest BCUT2D eigenvalue weighted by molar-refractivity contribution is 0.416. The number of aryl methyl sites for hydroxylation is 1. The van der Waals surface area contributed by atoms with E-state index in [2.05, 4.69) is 53.3 Å². The number of hydrogen-bond acceptors (Lipinski definition) is 6. The van der Waals surface area contributed by atoms with Crippen LogP contribution in [0.3, 0.4) is 0 Å². The van der Waals surface area contributed by atoms with Crippen molar-refractivity contribution in [2.45, 2.75) is 24.4 Å². The second-order valence-electron chi connectivity index (χ2n) is 6.85. The molecule has 2 heterocycles. The standard InChI is InChI=1S/C23H21ClN4OS2/c1-4-10-28-21(19-12-17(24)8-9-20(19)29-3)26-27-23(28)31-14-18-13-30-22(25-18)16-7-5-6-15(2)11-16/h4-9,11-13H,1,10,14H2,2-3H3. The van der Waals surface area contributed by atoms with Crippen LogP contribution in [0.2, 0.25) is 5.02 Å². The van der Waals surface area contributed by atoms with Crippen molar-refractivity contribution in [1.29, 1.82) is 0 Å². The third kappa shape index (κ3) is 4.84. The van der Waals surface area contributed by atoms with E-state index in [4.69, 9.17) is 21.3 Å². The summed E-state index contributed by atoms with van der Waals surface area (Å²) in [5.74, 6) is 2.09. The maximum absolute atomic E-state index is 6.22. The molecule has 0 aliphatic heterocycles. The zero-order chi connectivity index (χ0) is 21.8. The van der Waals surface area contributed by atoms with Crippen molar-refractivity contribution in [3.8, 4) is 27.7 Å². The van der Waals surface area contributed by atoms with Crippen molar-refractivity contribution in [2.24, 2.45) is 0 Å². The minimum atomic E-state index is 0.575. The first-order valence-electron chi connectivity index (χ1n) is 9.61. The molecule has 0 fully saturated rings. The second kappa shape index (κ2) is 9.68. The fraction of sp³-hybridized carbons (Fsp3) is 0.174. The molecule has 0 atom stereocenters. The second-order valence-corrected chi connectivity index (χ2v) is 9.09. The maximum atomic E-state index is 6.22. The number of nitrogens with zero attached hydrogens (tertiary/aromatic N) is 4. The Bertz CT molecular complexity index is 1220. The lowest BCUT2D eigenvalue weighted by atomic mass is 10.1. The van der Waals surface area contributed by atoms with Gasteiger partial charge in [-0.2, -0.15) is 0 Å². The molecule has 0 N–H and O–H groups in total. The van der Waals surface area contributed by atoms with Crippen LogP contribution in [0, 0.1) is 6.92 Å². The quantitative estimate of drug-likeness (QED) is 0.218. The molecule has 2 aromatic carbocycles. The largest absolute Gasteiger partial charge is 0.496 e. The molecule has 0 radical (unpaired) electrons. The van der Waals surface area contributed by atoms with E-state index in [1.54, 1.807) is 36.3 Å². The van der Waals surface area contributed by atoms with Gasteiger partial charge >= 0.3 is 0 Å². The number of methoxy groups -OCH3 is 1. The molecule has 4 aromatic rings. The average molecular weight is 469 g/mol. The molecule has 0 saturated heterocycles. The molecule has 0 spiro atoms. The minimum Gasteiger partial charge on any atom is -0.496 e. The SMILES string of the molecule is C=CCn1c(SCc2csc(-c3cccc(C)c3)n2)nnc1-c1cc(Cl)ccc1OC. The van der Waals surface area contributed by atoms with Crippen LogP contribution in [0.4, 0.5) is 0 Å². The van der Waals surface area contributed by atoms with Gasteiger partial charge in [-0.1, -0.05) is 53.2 Å². The van der Waals surface area contributed by atoms with Crippen LogP contribution in [0.1, 0.15) is 11.3 Å². The van der Waals surface area contributed by atoms with Crippen LogP contribution >= 0.6 is 34.7 Å². The molecular weight excluding hydrogens is 448 g/mol. The maximum Gasteiger partial charge on any atom is 0.192 e. The Balaban J connectivity index is 1.58. The summed E-state index contributed by atoms with van der Waals surface area (Å²) in [6.45, 7) is 6.55. The van der Waals surface area contributed by atoms with Crippen LogP contribution in [0.15, 0.2) is 65.7 Å². The summed E-state index contributed by atoms with van der Waals surface area (Å²) in [7, 11) is 1.63. The summed E-state index contributed by atoms with van der Waals surface area (Å²) in [5, 5.41) is 13.4. The van der Waals surface area contributed by atoms with E-state index < -0.39 is 0 Å². The van der Waals surface area contributed by atoms with Gasteiger partial charge in [0.25, 0.3) is 0 Å². The molecule has 0 aliphatic carbocycles. The third-order valence-electron chi connectivity index (χ3n) is 4.60. The summed E-state index contributed by atoms with van der Waals surface area (Å²) in [6, 6.07) is 13.9. The smallest absolute Gasteiger partial charge is 0.192 e. The Labute approximate surface area is 194 Å². The Morgan fingerprint density at radius 1 is 1.23 bits per heavy atom. The van der Waals surface area contributed by atoms with E-state index in [1.807, 2.05) is 22.8 Å². The highest BCUT2D eigenvalue weighted by Gasteiger charge is 2.18. The Morgan fingerprint density at radius 3 is 2.87 bits per heavy atom. The van der Waals surface area contributed by atoms with Gasteiger partial charge in [-0.05, 0) is 31.2 Å². The molecule has 0 aliphatic rings. The van der Waals surface area contributed by atoms with Crippen LogP contribution in [0.5, 0.6) is 5.75 Å². The summed E-state index contributed by atoms with van der Waals surface area (Å²) in [5.41, 5.74) is 4.18. The lowest BCUT2D eigenvalue weighted by Crippen LogP contribution is -2.02. The van der Waals surface area contributed by atoms with Gasteiger partial charge in [0.05, 0.1) is 18.4 Å². The van der Waals surface area contributed by atoms with Crippen molar-refractivity contribution in [1.82, 2.24) is 19.7 Å².